The molecule has 0 saturated heterocycles. The smallest absolute Gasteiger partial charge is 0.257 e. The number of aliphatic hydroxyl groups is 1. The number of hydrogen-bond donors (Lipinski definition) is 2. The van der Waals surface area contributed by atoms with E-state index in [4.69, 9.17) is 9.84 Å². The van der Waals surface area contributed by atoms with Gasteiger partial charge in [0.05, 0.1) is 0 Å². The number of nitrogens with one attached hydrogen (secondary N) is 1. The first-order valence-corrected chi connectivity index (χ1v) is 6.19. The largest absolute Gasteiger partial charge is 0.484 e. The fourth-order valence-corrected chi connectivity index (χ4v) is 1.52. The molecule has 1 rings (SSSR count). The van der Waals surface area contributed by atoms with Crippen LogP contribution in [0.3, 0.4) is 0 Å². The van der Waals surface area contributed by atoms with Crippen LogP contribution in [-0.2, 0) is 4.79 Å². The van der Waals surface area contributed by atoms with Crippen molar-refractivity contribution in [2.75, 3.05) is 19.8 Å². The second kappa shape index (κ2) is 7.71. The van der Waals surface area contributed by atoms with Crippen LogP contribution in [-0.4, -0.2) is 30.8 Å². The second-order valence-corrected chi connectivity index (χ2v) is 4.48. The molecule has 0 spiro atoms. The van der Waals surface area contributed by atoms with Crippen molar-refractivity contribution in [1.82, 2.24) is 5.32 Å². The van der Waals surface area contributed by atoms with Crippen LogP contribution in [0.15, 0.2) is 24.3 Å². The average molecular weight is 251 g/mol. The molecule has 1 unspecified atom stereocenters. The summed E-state index contributed by atoms with van der Waals surface area (Å²) in [6.07, 6.45) is 0.693. The van der Waals surface area contributed by atoms with E-state index < -0.39 is 0 Å². The van der Waals surface area contributed by atoms with Gasteiger partial charge in [0.1, 0.15) is 5.75 Å². The van der Waals surface area contributed by atoms with Crippen molar-refractivity contribution >= 4 is 5.91 Å². The molecule has 1 aromatic carbocycles. The van der Waals surface area contributed by atoms with Crippen LogP contribution in [0.1, 0.15) is 18.9 Å². The first-order chi connectivity index (χ1) is 8.63. The highest BCUT2D eigenvalue weighted by molar-refractivity contribution is 5.77. The van der Waals surface area contributed by atoms with E-state index in [-0.39, 0.29) is 25.0 Å². The van der Waals surface area contributed by atoms with Crippen molar-refractivity contribution in [1.29, 1.82) is 0 Å². The maximum Gasteiger partial charge on any atom is 0.257 e. The van der Waals surface area contributed by atoms with Crippen molar-refractivity contribution in [2.24, 2.45) is 5.92 Å². The first kappa shape index (κ1) is 14.5. The Morgan fingerprint density at radius 1 is 1.44 bits per heavy atom. The van der Waals surface area contributed by atoms with Gasteiger partial charge in [0.15, 0.2) is 6.61 Å². The van der Waals surface area contributed by atoms with Gasteiger partial charge in [-0.05, 0) is 30.9 Å². The van der Waals surface area contributed by atoms with Crippen LogP contribution < -0.4 is 10.1 Å². The van der Waals surface area contributed by atoms with E-state index in [1.54, 1.807) is 0 Å². The summed E-state index contributed by atoms with van der Waals surface area (Å²) in [7, 11) is 0. The maximum absolute atomic E-state index is 11.5. The Hall–Kier alpha value is -1.55. The van der Waals surface area contributed by atoms with Crippen molar-refractivity contribution in [3.8, 4) is 5.75 Å². The topological polar surface area (TPSA) is 58.6 Å². The van der Waals surface area contributed by atoms with E-state index in [1.807, 2.05) is 38.1 Å². The highest BCUT2D eigenvalue weighted by atomic mass is 16.5. The molecule has 0 aliphatic carbocycles. The number of benzene rings is 1. The lowest BCUT2D eigenvalue weighted by Crippen LogP contribution is -2.32. The summed E-state index contributed by atoms with van der Waals surface area (Å²) < 4.78 is 5.43. The molecule has 0 fully saturated rings. The fraction of sp³-hybridized carbons (Fsp3) is 0.500. The summed E-state index contributed by atoms with van der Waals surface area (Å²) in [4.78, 5) is 11.5. The molecule has 1 amide bonds. The maximum atomic E-state index is 11.5. The molecule has 0 aliphatic rings. The number of ether oxygens (including phenoxy) is 1. The Morgan fingerprint density at radius 3 is 2.83 bits per heavy atom. The fourth-order valence-electron chi connectivity index (χ4n) is 1.52. The third-order valence-corrected chi connectivity index (χ3v) is 2.72. The van der Waals surface area contributed by atoms with Crippen molar-refractivity contribution in [2.45, 2.75) is 20.3 Å². The number of carbonyl (C=O) groups is 1. The Labute approximate surface area is 108 Å². The Balaban J connectivity index is 2.27. The van der Waals surface area contributed by atoms with E-state index in [9.17, 15) is 4.79 Å². The van der Waals surface area contributed by atoms with E-state index in [0.717, 1.165) is 11.3 Å². The predicted molar refractivity (Wildman–Crippen MR) is 70.6 cm³/mol. The summed E-state index contributed by atoms with van der Waals surface area (Å²) in [5, 5.41) is 11.5. The lowest BCUT2D eigenvalue weighted by atomic mass is 10.1. The number of para-hydroxylation sites is 1. The van der Waals surface area contributed by atoms with E-state index in [2.05, 4.69) is 5.32 Å². The normalized spacial score (nSPS) is 11.9. The molecule has 0 aromatic heterocycles. The third kappa shape index (κ3) is 5.19. The molecule has 1 atom stereocenters. The molecule has 18 heavy (non-hydrogen) atoms. The predicted octanol–water partition coefficient (Wildman–Crippen LogP) is 1.51. The summed E-state index contributed by atoms with van der Waals surface area (Å²) >= 11 is 0. The Morgan fingerprint density at radius 2 is 2.17 bits per heavy atom. The van der Waals surface area contributed by atoms with Crippen LogP contribution in [0.4, 0.5) is 0 Å². The zero-order chi connectivity index (χ0) is 13.4. The lowest BCUT2D eigenvalue weighted by Gasteiger charge is -2.12. The molecular formula is C14H21NO3. The summed E-state index contributed by atoms with van der Waals surface area (Å²) in [5.41, 5.74) is 1.01. The summed E-state index contributed by atoms with van der Waals surface area (Å²) in [6, 6.07) is 7.59. The minimum Gasteiger partial charge on any atom is -0.484 e. The van der Waals surface area contributed by atoms with Crippen LogP contribution in [0.25, 0.3) is 0 Å². The number of carbonyl (C=O) groups excluding carboxylic acids is 1. The van der Waals surface area contributed by atoms with E-state index in [0.29, 0.717) is 13.0 Å². The molecule has 100 valence electrons. The van der Waals surface area contributed by atoms with Crippen molar-refractivity contribution in [3.63, 3.8) is 0 Å². The molecule has 0 bridgehead atoms. The zero-order valence-corrected chi connectivity index (χ0v) is 11.0. The Kier molecular flexibility index (Phi) is 6.22. The number of rotatable bonds is 7. The minimum atomic E-state index is -0.136. The summed E-state index contributed by atoms with van der Waals surface area (Å²) in [5.74, 6) is 0.872. The van der Waals surface area contributed by atoms with E-state index >= 15 is 0 Å². The molecule has 0 saturated carbocycles. The van der Waals surface area contributed by atoms with Crippen LogP contribution in [0, 0.1) is 12.8 Å². The molecule has 0 aliphatic heterocycles. The van der Waals surface area contributed by atoms with Gasteiger partial charge in [0, 0.05) is 13.2 Å². The molecule has 0 radical (unpaired) electrons. The number of hydrogen-bond acceptors (Lipinski definition) is 3. The standard InChI is InChI=1S/C14H21NO3/c1-11(7-8-16)9-15-14(17)10-18-13-6-4-3-5-12(13)2/h3-6,11,16H,7-10H2,1-2H3,(H,15,17). The minimum absolute atomic E-state index is 0.0245. The van der Waals surface area contributed by atoms with E-state index in [1.165, 1.54) is 0 Å². The highest BCUT2D eigenvalue weighted by Crippen LogP contribution is 2.15. The first-order valence-electron chi connectivity index (χ1n) is 6.19. The zero-order valence-electron chi connectivity index (χ0n) is 11.0. The highest BCUT2D eigenvalue weighted by Gasteiger charge is 2.06. The van der Waals surface area contributed by atoms with Gasteiger partial charge in [0.25, 0.3) is 5.91 Å². The van der Waals surface area contributed by atoms with Gasteiger partial charge in [-0.1, -0.05) is 25.1 Å². The lowest BCUT2D eigenvalue weighted by molar-refractivity contribution is -0.123. The van der Waals surface area contributed by atoms with Crippen LogP contribution in [0.5, 0.6) is 5.75 Å². The molecular weight excluding hydrogens is 230 g/mol. The monoisotopic (exact) mass is 251 g/mol. The Bertz CT molecular complexity index is 379. The third-order valence-electron chi connectivity index (χ3n) is 2.72. The van der Waals surface area contributed by atoms with Gasteiger partial charge in [-0.15, -0.1) is 0 Å². The number of amides is 1. The van der Waals surface area contributed by atoms with Crippen molar-refractivity contribution < 1.29 is 14.6 Å². The van der Waals surface area contributed by atoms with Gasteiger partial charge in [0.2, 0.25) is 0 Å². The van der Waals surface area contributed by atoms with Gasteiger partial charge < -0.3 is 15.2 Å². The SMILES string of the molecule is Cc1ccccc1OCC(=O)NCC(C)CCO. The summed E-state index contributed by atoms with van der Waals surface area (Å²) in [6.45, 7) is 4.67. The molecule has 1 aromatic rings. The number of aryl methyl sites for hydroxylation is 1. The van der Waals surface area contributed by atoms with Gasteiger partial charge in [-0.25, -0.2) is 0 Å². The molecule has 0 heterocycles. The van der Waals surface area contributed by atoms with Gasteiger partial charge >= 0.3 is 0 Å². The van der Waals surface area contributed by atoms with Crippen molar-refractivity contribution in [3.05, 3.63) is 29.8 Å². The second-order valence-electron chi connectivity index (χ2n) is 4.48. The molecule has 4 nitrogen and oxygen atoms in total. The molecule has 4 heteroatoms. The van der Waals surface area contributed by atoms with Gasteiger partial charge in [-0.3, -0.25) is 4.79 Å². The van der Waals surface area contributed by atoms with Gasteiger partial charge in [-0.2, -0.15) is 0 Å². The average Bonchev–Trinajstić information content (AvgIpc) is 2.36. The van der Waals surface area contributed by atoms with Crippen LogP contribution >= 0.6 is 0 Å². The van der Waals surface area contributed by atoms with Crippen LogP contribution in [0.2, 0.25) is 0 Å². The molecule has 2 N–H and O–H groups in total. The quantitative estimate of drug-likeness (QED) is 0.772. The number of aliphatic hydroxyl groups excluding tert-OH is 1.